The molecule has 1 heterocycles. The third kappa shape index (κ3) is 1.97. The Morgan fingerprint density at radius 2 is 2.00 bits per heavy atom. The zero-order valence-electron chi connectivity index (χ0n) is 8.22. The zero-order valence-corrected chi connectivity index (χ0v) is 9.11. The normalized spacial score (nSPS) is 11.3. The first kappa shape index (κ1) is 10.1. The molecule has 0 aliphatic rings. The number of nitrogens with two attached hydrogens (primary N) is 1. The number of hydrogen-bond acceptors (Lipinski definition) is 3. The molecule has 0 unspecified atom stereocenters. The van der Waals surface area contributed by atoms with E-state index < -0.39 is 0 Å². The Hall–Kier alpha value is -1.48. The predicted molar refractivity (Wildman–Crippen MR) is 69.0 cm³/mol. The van der Waals surface area contributed by atoms with Crippen LogP contribution in [0.25, 0.3) is 16.8 Å². The van der Waals surface area contributed by atoms with Crippen LogP contribution in [0, 0.1) is 0 Å². The zero-order chi connectivity index (χ0) is 10.7. The molecule has 76 valence electrons. The fraction of sp³-hybridized carbons (Fsp3) is 0.0833. The number of hydrogen-bond donors (Lipinski definition) is 2. The van der Waals surface area contributed by atoms with Crippen molar-refractivity contribution in [1.82, 2.24) is 4.98 Å². The molecule has 0 saturated carbocycles. The molecule has 0 bridgehead atoms. The van der Waals surface area contributed by atoms with Gasteiger partial charge in [0.25, 0.3) is 0 Å². The number of thiol groups is 1. The number of benzene rings is 1. The molecule has 0 fully saturated rings. The Balaban J connectivity index is 2.66. The van der Waals surface area contributed by atoms with Crippen LogP contribution in [0.1, 0.15) is 5.56 Å². The molecule has 0 atom stereocenters. The molecule has 2 rings (SSSR count). The summed E-state index contributed by atoms with van der Waals surface area (Å²) in [7, 11) is 0. The molecule has 0 aliphatic carbocycles. The van der Waals surface area contributed by atoms with Crippen LogP contribution in [-0.4, -0.2) is 10.7 Å². The second-order valence-electron chi connectivity index (χ2n) is 3.23. The van der Waals surface area contributed by atoms with Gasteiger partial charge < -0.3 is 5.73 Å². The van der Waals surface area contributed by atoms with Crippen molar-refractivity contribution >= 4 is 35.3 Å². The smallest absolute Gasteiger partial charge is 0.131 e. The van der Waals surface area contributed by atoms with Gasteiger partial charge in [0.1, 0.15) is 5.82 Å². The standard InChI is InChI=1S/C12H12N2S/c13-12-11-6-2-1-5-10(11)9(8-14-12)4-3-7-15/h1-6,8,15H,7H2,(H2,13,14). The first-order chi connectivity index (χ1) is 7.33. The molecule has 0 amide bonds. The number of anilines is 1. The summed E-state index contributed by atoms with van der Waals surface area (Å²) in [4.78, 5) is 4.16. The van der Waals surface area contributed by atoms with Crippen LogP contribution in [0.5, 0.6) is 0 Å². The number of aromatic nitrogens is 1. The van der Waals surface area contributed by atoms with Crippen LogP contribution in [-0.2, 0) is 0 Å². The van der Waals surface area contributed by atoms with Crippen LogP contribution >= 0.6 is 12.6 Å². The number of pyridine rings is 1. The van der Waals surface area contributed by atoms with Crippen molar-refractivity contribution in [3.63, 3.8) is 0 Å². The van der Waals surface area contributed by atoms with Gasteiger partial charge >= 0.3 is 0 Å². The van der Waals surface area contributed by atoms with E-state index in [1.807, 2.05) is 36.4 Å². The molecule has 0 aliphatic heterocycles. The van der Waals surface area contributed by atoms with Crippen molar-refractivity contribution in [3.8, 4) is 0 Å². The van der Waals surface area contributed by atoms with Crippen LogP contribution < -0.4 is 5.73 Å². The van der Waals surface area contributed by atoms with Gasteiger partial charge in [-0.1, -0.05) is 36.4 Å². The molecular weight excluding hydrogens is 204 g/mol. The maximum absolute atomic E-state index is 5.80. The minimum absolute atomic E-state index is 0.577. The molecule has 2 aromatic rings. The van der Waals surface area contributed by atoms with Crippen molar-refractivity contribution in [2.45, 2.75) is 0 Å². The van der Waals surface area contributed by atoms with Crippen LogP contribution in [0.2, 0.25) is 0 Å². The lowest BCUT2D eigenvalue weighted by molar-refractivity contribution is 1.36. The van der Waals surface area contributed by atoms with E-state index >= 15 is 0 Å². The quantitative estimate of drug-likeness (QED) is 0.758. The Morgan fingerprint density at radius 1 is 1.27 bits per heavy atom. The average Bonchev–Trinajstić information content (AvgIpc) is 2.29. The van der Waals surface area contributed by atoms with Crippen molar-refractivity contribution < 1.29 is 0 Å². The van der Waals surface area contributed by atoms with Crippen LogP contribution in [0.4, 0.5) is 5.82 Å². The molecule has 0 radical (unpaired) electrons. The second kappa shape index (κ2) is 4.36. The van der Waals surface area contributed by atoms with E-state index in [1.165, 1.54) is 0 Å². The van der Waals surface area contributed by atoms with Gasteiger partial charge in [-0.3, -0.25) is 0 Å². The van der Waals surface area contributed by atoms with Gasteiger partial charge in [0.2, 0.25) is 0 Å². The summed E-state index contributed by atoms with van der Waals surface area (Å²) >= 11 is 4.13. The fourth-order valence-corrected chi connectivity index (χ4v) is 1.65. The average molecular weight is 216 g/mol. The molecule has 2 nitrogen and oxygen atoms in total. The van der Waals surface area contributed by atoms with E-state index in [4.69, 9.17) is 5.73 Å². The predicted octanol–water partition coefficient (Wildman–Crippen LogP) is 2.76. The topological polar surface area (TPSA) is 38.9 Å². The van der Waals surface area contributed by atoms with Gasteiger partial charge in [0.15, 0.2) is 0 Å². The highest BCUT2D eigenvalue weighted by Crippen LogP contribution is 2.23. The Labute approximate surface area is 94.2 Å². The molecule has 0 saturated heterocycles. The van der Waals surface area contributed by atoms with Crippen LogP contribution in [0.3, 0.4) is 0 Å². The molecule has 3 heteroatoms. The number of nitrogen functional groups attached to an aromatic ring is 1. The Morgan fingerprint density at radius 3 is 2.73 bits per heavy atom. The van der Waals surface area contributed by atoms with Gasteiger partial charge in [-0.25, -0.2) is 4.98 Å². The molecule has 0 spiro atoms. The van der Waals surface area contributed by atoms with Gasteiger partial charge in [-0.2, -0.15) is 12.6 Å². The molecule has 1 aromatic heterocycles. The van der Waals surface area contributed by atoms with Crippen molar-refractivity contribution in [3.05, 3.63) is 42.1 Å². The van der Waals surface area contributed by atoms with Gasteiger partial charge in [0, 0.05) is 22.9 Å². The third-order valence-corrected chi connectivity index (χ3v) is 2.47. The number of nitrogens with zero attached hydrogens (tertiary/aromatic N) is 1. The highest BCUT2D eigenvalue weighted by molar-refractivity contribution is 7.80. The summed E-state index contributed by atoms with van der Waals surface area (Å²) in [6.07, 6.45) is 5.79. The summed E-state index contributed by atoms with van der Waals surface area (Å²) in [5, 5.41) is 2.13. The van der Waals surface area contributed by atoms with Crippen molar-refractivity contribution in [2.24, 2.45) is 0 Å². The van der Waals surface area contributed by atoms with E-state index in [-0.39, 0.29) is 0 Å². The lowest BCUT2D eigenvalue weighted by atomic mass is 10.1. The first-order valence-electron chi connectivity index (χ1n) is 4.73. The van der Waals surface area contributed by atoms with Gasteiger partial charge in [-0.05, 0) is 5.39 Å². The minimum Gasteiger partial charge on any atom is -0.383 e. The number of rotatable bonds is 2. The second-order valence-corrected chi connectivity index (χ2v) is 3.59. The fourth-order valence-electron chi connectivity index (χ4n) is 1.55. The van der Waals surface area contributed by atoms with Gasteiger partial charge in [-0.15, -0.1) is 0 Å². The SMILES string of the molecule is Nc1ncc(C=CCS)c2ccccc12. The summed E-state index contributed by atoms with van der Waals surface area (Å²) in [5.41, 5.74) is 6.88. The molecular formula is C12H12N2S. The maximum Gasteiger partial charge on any atom is 0.131 e. The van der Waals surface area contributed by atoms with E-state index in [2.05, 4.69) is 17.6 Å². The highest BCUT2D eigenvalue weighted by Gasteiger charge is 2.01. The molecule has 1 aromatic carbocycles. The summed E-state index contributed by atoms with van der Waals surface area (Å²) in [6.45, 7) is 0. The van der Waals surface area contributed by atoms with E-state index in [0.717, 1.165) is 22.1 Å². The van der Waals surface area contributed by atoms with Crippen molar-refractivity contribution in [1.29, 1.82) is 0 Å². The lowest BCUT2D eigenvalue weighted by Gasteiger charge is -2.03. The molecule has 15 heavy (non-hydrogen) atoms. The van der Waals surface area contributed by atoms with Gasteiger partial charge in [0.05, 0.1) is 0 Å². The monoisotopic (exact) mass is 216 g/mol. The summed E-state index contributed by atoms with van der Waals surface area (Å²) in [5.74, 6) is 1.30. The highest BCUT2D eigenvalue weighted by atomic mass is 32.1. The van der Waals surface area contributed by atoms with Crippen molar-refractivity contribution in [2.75, 3.05) is 11.5 Å². The van der Waals surface area contributed by atoms with Crippen LogP contribution in [0.15, 0.2) is 36.5 Å². The van der Waals surface area contributed by atoms with E-state index in [1.54, 1.807) is 6.20 Å². The lowest BCUT2D eigenvalue weighted by Crippen LogP contribution is -1.92. The summed E-state index contributed by atoms with van der Waals surface area (Å²) < 4.78 is 0. The molecule has 2 N–H and O–H groups in total. The third-order valence-electron chi connectivity index (χ3n) is 2.26. The van der Waals surface area contributed by atoms with E-state index in [0.29, 0.717) is 5.82 Å². The minimum atomic E-state index is 0.577. The Bertz CT molecular complexity index is 506. The maximum atomic E-state index is 5.80. The Kier molecular flexibility index (Phi) is 2.92. The summed E-state index contributed by atoms with van der Waals surface area (Å²) in [6, 6.07) is 7.99. The van der Waals surface area contributed by atoms with E-state index in [9.17, 15) is 0 Å². The number of fused-ring (bicyclic) bond motifs is 1. The largest absolute Gasteiger partial charge is 0.383 e. The first-order valence-corrected chi connectivity index (χ1v) is 5.37.